The Morgan fingerprint density at radius 2 is 1.55 bits per heavy atom. The van der Waals surface area contributed by atoms with E-state index < -0.39 is 32.7 Å². The molecule has 9 nitrogen and oxygen atoms in total. The number of carbonyl (C=O) groups excluding carboxylic acids is 2. The van der Waals surface area contributed by atoms with Gasteiger partial charge >= 0.3 is 12.0 Å². The molecule has 200 valence electrons. The second-order valence-corrected chi connectivity index (χ2v) is 11.8. The van der Waals surface area contributed by atoms with E-state index in [1.54, 1.807) is 12.1 Å². The zero-order chi connectivity index (χ0) is 27.2. The highest BCUT2D eigenvalue weighted by Crippen LogP contribution is 2.46. The van der Waals surface area contributed by atoms with Crippen molar-refractivity contribution in [1.82, 2.24) is 4.72 Å². The summed E-state index contributed by atoms with van der Waals surface area (Å²) in [6, 6.07) is 7.70. The maximum Gasteiger partial charge on any atom is 0.337 e. The van der Waals surface area contributed by atoms with Crippen molar-refractivity contribution in [2.24, 2.45) is 0 Å². The van der Waals surface area contributed by atoms with Gasteiger partial charge in [0.15, 0.2) is 0 Å². The number of fused-ring (bicyclic) bond motifs is 2. The van der Waals surface area contributed by atoms with E-state index in [-0.39, 0.29) is 5.56 Å². The molecule has 38 heavy (non-hydrogen) atoms. The van der Waals surface area contributed by atoms with Crippen molar-refractivity contribution < 1.29 is 32.3 Å². The monoisotopic (exact) mass is 538 g/mol. The largest absolute Gasteiger partial charge is 0.465 e. The zero-order valence-electron chi connectivity index (χ0n) is 21.5. The van der Waals surface area contributed by atoms with Gasteiger partial charge in [-0.05, 0) is 97.9 Å². The summed E-state index contributed by atoms with van der Waals surface area (Å²) in [6.45, 7) is 3.01. The molecule has 0 atom stereocenters. The van der Waals surface area contributed by atoms with E-state index in [1.807, 2.05) is 16.9 Å². The number of sulfonamides is 1. The minimum atomic E-state index is -4.29. The Bertz CT molecular complexity index is 1500. The molecule has 2 aliphatic carbocycles. The van der Waals surface area contributed by atoms with Gasteiger partial charge in [0.1, 0.15) is 0 Å². The summed E-state index contributed by atoms with van der Waals surface area (Å²) >= 11 is 0. The Morgan fingerprint density at radius 1 is 0.974 bits per heavy atom. The lowest BCUT2D eigenvalue weighted by Gasteiger charge is -2.21. The number of nitrogens with one attached hydrogen (secondary N) is 2. The molecule has 0 fully saturated rings. The first-order chi connectivity index (χ1) is 18.0. The fourth-order valence-corrected chi connectivity index (χ4v) is 6.29. The van der Waals surface area contributed by atoms with Crippen molar-refractivity contribution in [3.8, 4) is 11.1 Å². The number of anilines is 1. The molecule has 0 unspecified atom stereocenters. The number of rotatable bonds is 6. The molecule has 3 aromatic rings. The molecular weight excluding hydrogens is 508 g/mol. The summed E-state index contributed by atoms with van der Waals surface area (Å²) in [7, 11) is -2.94. The van der Waals surface area contributed by atoms with E-state index in [1.165, 1.54) is 27.0 Å². The van der Waals surface area contributed by atoms with Crippen LogP contribution in [0.2, 0.25) is 0 Å². The second kappa shape index (κ2) is 9.59. The zero-order valence-corrected chi connectivity index (χ0v) is 22.3. The van der Waals surface area contributed by atoms with Crippen molar-refractivity contribution in [2.75, 3.05) is 12.4 Å². The maximum absolute atomic E-state index is 13.0. The SMILES string of the molecule is COC(=O)c1ccc(-c2c3c(c(NC(=O)NS(=O)(=O)c4cc(C(C)(C)O)co4)c4c2CCC4)CCC3)cc1. The Morgan fingerprint density at radius 3 is 2.08 bits per heavy atom. The highest BCUT2D eigenvalue weighted by Gasteiger charge is 2.31. The molecule has 2 amide bonds. The van der Waals surface area contributed by atoms with E-state index in [0.29, 0.717) is 11.3 Å². The molecule has 10 heteroatoms. The first kappa shape index (κ1) is 26.0. The van der Waals surface area contributed by atoms with E-state index in [4.69, 9.17) is 9.15 Å². The van der Waals surface area contributed by atoms with Crippen LogP contribution in [0.15, 0.2) is 46.1 Å². The average molecular weight is 539 g/mol. The predicted molar refractivity (Wildman–Crippen MR) is 141 cm³/mol. The number of hydrogen-bond acceptors (Lipinski definition) is 7. The third kappa shape index (κ3) is 4.69. The molecule has 3 N–H and O–H groups in total. The van der Waals surface area contributed by atoms with Crippen LogP contribution in [0.4, 0.5) is 10.5 Å². The lowest BCUT2D eigenvalue weighted by atomic mass is 9.87. The van der Waals surface area contributed by atoms with Crippen molar-refractivity contribution in [1.29, 1.82) is 0 Å². The van der Waals surface area contributed by atoms with Crippen LogP contribution in [-0.4, -0.2) is 32.6 Å². The van der Waals surface area contributed by atoms with Crippen LogP contribution in [0, 0.1) is 0 Å². The molecular formula is C28H30N2O7S. The van der Waals surface area contributed by atoms with Crippen LogP contribution in [0.5, 0.6) is 0 Å². The highest BCUT2D eigenvalue weighted by molar-refractivity contribution is 7.89. The summed E-state index contributed by atoms with van der Waals surface area (Å²) in [5.41, 5.74) is 6.65. The Hall–Kier alpha value is -3.63. The summed E-state index contributed by atoms with van der Waals surface area (Å²) in [5, 5.41) is 12.5. The van der Waals surface area contributed by atoms with Gasteiger partial charge in [0.05, 0.1) is 24.5 Å². The number of methoxy groups -OCH3 is 1. The van der Waals surface area contributed by atoms with Crippen LogP contribution in [-0.2, 0) is 46.0 Å². The molecule has 0 spiro atoms. The fraction of sp³-hybridized carbons (Fsp3) is 0.357. The summed E-state index contributed by atoms with van der Waals surface area (Å²) in [5.74, 6) is -0.390. The molecule has 2 aliphatic rings. The maximum atomic E-state index is 13.0. The standard InChI is InChI=1S/C28H30N2O7S/c1-28(2,33)18-14-23(37-15-18)38(34,35)30-27(32)29-25-21-8-4-6-19(21)24(20-7-5-9-22(20)25)16-10-12-17(13-11-16)26(31)36-3/h10-15,33H,4-9H2,1-3H3,(H2,29,30,32). The first-order valence-corrected chi connectivity index (χ1v) is 14.0. The van der Waals surface area contributed by atoms with E-state index in [0.717, 1.165) is 78.2 Å². The number of carbonyl (C=O) groups is 2. The van der Waals surface area contributed by atoms with Gasteiger partial charge < -0.3 is 19.6 Å². The van der Waals surface area contributed by atoms with Crippen molar-refractivity contribution >= 4 is 27.7 Å². The predicted octanol–water partition coefficient (Wildman–Crippen LogP) is 4.45. The molecule has 0 bridgehead atoms. The van der Waals surface area contributed by atoms with Crippen molar-refractivity contribution in [2.45, 2.75) is 63.1 Å². The van der Waals surface area contributed by atoms with Crippen molar-refractivity contribution in [3.05, 3.63) is 70.0 Å². The minimum absolute atomic E-state index is 0.282. The Labute approximate surface area is 221 Å². The summed E-state index contributed by atoms with van der Waals surface area (Å²) < 4.78 is 37.6. The Balaban J connectivity index is 1.46. The molecule has 0 radical (unpaired) electrons. The number of hydrogen-bond donors (Lipinski definition) is 3. The average Bonchev–Trinajstić information content (AvgIpc) is 3.64. The smallest absolute Gasteiger partial charge is 0.337 e. The van der Waals surface area contributed by atoms with Gasteiger partial charge in [-0.3, -0.25) is 0 Å². The minimum Gasteiger partial charge on any atom is -0.465 e. The molecule has 1 aromatic heterocycles. The van der Waals surface area contributed by atoms with Crippen LogP contribution < -0.4 is 10.0 Å². The highest BCUT2D eigenvalue weighted by atomic mass is 32.2. The van der Waals surface area contributed by atoms with Crippen LogP contribution in [0.25, 0.3) is 11.1 Å². The third-order valence-electron chi connectivity index (χ3n) is 7.25. The summed E-state index contributed by atoms with van der Waals surface area (Å²) in [6.07, 6.45) is 6.23. The molecule has 0 saturated heterocycles. The van der Waals surface area contributed by atoms with E-state index in [9.17, 15) is 23.1 Å². The van der Waals surface area contributed by atoms with Gasteiger partial charge in [-0.15, -0.1) is 0 Å². The van der Waals surface area contributed by atoms with Crippen LogP contribution in [0.1, 0.15) is 64.9 Å². The fourth-order valence-electron chi connectivity index (χ4n) is 5.44. The number of aliphatic hydroxyl groups is 1. The number of urea groups is 1. The number of esters is 1. The first-order valence-electron chi connectivity index (χ1n) is 12.5. The molecule has 1 heterocycles. The molecule has 0 saturated carbocycles. The topological polar surface area (TPSA) is 135 Å². The molecule has 0 aliphatic heterocycles. The normalized spacial score (nSPS) is 14.6. The Kier molecular flexibility index (Phi) is 6.56. The third-order valence-corrected chi connectivity index (χ3v) is 8.45. The molecule has 5 rings (SSSR count). The van der Waals surface area contributed by atoms with Gasteiger partial charge in [-0.1, -0.05) is 12.1 Å². The number of furan rings is 1. The second-order valence-electron chi connectivity index (χ2n) is 10.2. The lowest BCUT2D eigenvalue weighted by molar-refractivity contribution is 0.0600. The van der Waals surface area contributed by atoms with Crippen LogP contribution in [0.3, 0.4) is 0 Å². The van der Waals surface area contributed by atoms with Gasteiger partial charge in [0.2, 0.25) is 5.09 Å². The van der Waals surface area contributed by atoms with Gasteiger partial charge in [0.25, 0.3) is 10.0 Å². The van der Waals surface area contributed by atoms with Crippen molar-refractivity contribution in [3.63, 3.8) is 0 Å². The number of ether oxygens (including phenoxy) is 1. The van der Waals surface area contributed by atoms with Crippen LogP contribution >= 0.6 is 0 Å². The number of benzene rings is 2. The van der Waals surface area contributed by atoms with Gasteiger partial charge in [0, 0.05) is 17.3 Å². The van der Waals surface area contributed by atoms with E-state index >= 15 is 0 Å². The quantitative estimate of drug-likeness (QED) is 0.395. The molecule has 2 aromatic carbocycles. The van der Waals surface area contributed by atoms with Gasteiger partial charge in [-0.25, -0.2) is 14.3 Å². The lowest BCUT2D eigenvalue weighted by Crippen LogP contribution is -2.34. The summed E-state index contributed by atoms with van der Waals surface area (Å²) in [4.78, 5) is 24.8. The van der Waals surface area contributed by atoms with E-state index in [2.05, 4.69) is 5.32 Å². The van der Waals surface area contributed by atoms with Gasteiger partial charge in [-0.2, -0.15) is 8.42 Å². The number of amides is 2.